The van der Waals surface area contributed by atoms with Crippen molar-refractivity contribution in [2.75, 3.05) is 6.54 Å². The van der Waals surface area contributed by atoms with E-state index in [0.29, 0.717) is 18.5 Å². The zero-order valence-electron chi connectivity index (χ0n) is 10.8. The highest BCUT2D eigenvalue weighted by atomic mass is 16.3. The molecule has 17 heavy (non-hydrogen) atoms. The molecule has 1 aromatic rings. The zero-order chi connectivity index (χ0) is 12.3. The standard InChI is InChI=1S/C15H23NO/c1-3-15(2,17)11-16-14-9-13(10-14)12-7-5-4-6-8-12/h4-8,13-14,16-17H,3,9-11H2,1-2H3. The summed E-state index contributed by atoms with van der Waals surface area (Å²) >= 11 is 0. The first-order valence-electron chi connectivity index (χ1n) is 6.61. The lowest BCUT2D eigenvalue weighted by Crippen LogP contribution is -2.47. The van der Waals surface area contributed by atoms with Crippen LogP contribution >= 0.6 is 0 Å². The molecule has 0 aliphatic heterocycles. The van der Waals surface area contributed by atoms with Crippen LogP contribution in [0.1, 0.15) is 44.6 Å². The summed E-state index contributed by atoms with van der Waals surface area (Å²) in [5, 5.41) is 13.4. The van der Waals surface area contributed by atoms with Crippen LogP contribution in [-0.4, -0.2) is 23.3 Å². The van der Waals surface area contributed by atoms with Gasteiger partial charge in [0.15, 0.2) is 0 Å². The fourth-order valence-corrected chi connectivity index (χ4v) is 2.27. The van der Waals surface area contributed by atoms with Crippen LogP contribution in [0, 0.1) is 0 Å². The molecule has 1 aromatic carbocycles. The van der Waals surface area contributed by atoms with E-state index in [-0.39, 0.29) is 0 Å². The van der Waals surface area contributed by atoms with E-state index in [1.54, 1.807) is 0 Å². The van der Waals surface area contributed by atoms with Crippen molar-refractivity contribution < 1.29 is 5.11 Å². The third-order valence-electron chi connectivity index (χ3n) is 3.94. The number of hydrogen-bond acceptors (Lipinski definition) is 2. The quantitative estimate of drug-likeness (QED) is 0.819. The van der Waals surface area contributed by atoms with Gasteiger partial charge in [0.2, 0.25) is 0 Å². The molecule has 1 unspecified atom stereocenters. The van der Waals surface area contributed by atoms with Gasteiger partial charge in [-0.3, -0.25) is 0 Å². The van der Waals surface area contributed by atoms with E-state index >= 15 is 0 Å². The molecule has 1 fully saturated rings. The van der Waals surface area contributed by atoms with E-state index in [1.807, 2.05) is 13.8 Å². The second-order valence-electron chi connectivity index (χ2n) is 5.51. The summed E-state index contributed by atoms with van der Waals surface area (Å²) in [6, 6.07) is 11.3. The van der Waals surface area contributed by atoms with Crippen LogP contribution in [0.15, 0.2) is 30.3 Å². The van der Waals surface area contributed by atoms with E-state index in [2.05, 4.69) is 35.6 Å². The molecule has 2 heteroatoms. The van der Waals surface area contributed by atoms with Gasteiger partial charge >= 0.3 is 0 Å². The summed E-state index contributed by atoms with van der Waals surface area (Å²) in [4.78, 5) is 0. The molecule has 2 nitrogen and oxygen atoms in total. The van der Waals surface area contributed by atoms with Crippen LogP contribution in [0.2, 0.25) is 0 Å². The highest BCUT2D eigenvalue weighted by Crippen LogP contribution is 2.36. The molecule has 0 saturated heterocycles. The van der Waals surface area contributed by atoms with Gasteiger partial charge in [-0.25, -0.2) is 0 Å². The largest absolute Gasteiger partial charge is 0.389 e. The molecule has 0 heterocycles. The van der Waals surface area contributed by atoms with Crippen molar-refractivity contribution in [1.29, 1.82) is 0 Å². The van der Waals surface area contributed by atoms with Gasteiger partial charge in [-0.05, 0) is 37.7 Å². The number of nitrogens with one attached hydrogen (secondary N) is 1. The van der Waals surface area contributed by atoms with E-state index in [9.17, 15) is 5.11 Å². The summed E-state index contributed by atoms with van der Waals surface area (Å²) in [6.45, 7) is 4.62. The minimum atomic E-state index is -0.558. The van der Waals surface area contributed by atoms with Gasteiger partial charge in [0.05, 0.1) is 5.60 Å². The summed E-state index contributed by atoms with van der Waals surface area (Å²) in [5.74, 6) is 0.709. The van der Waals surface area contributed by atoms with Crippen molar-refractivity contribution in [2.24, 2.45) is 0 Å². The van der Waals surface area contributed by atoms with Crippen molar-refractivity contribution in [2.45, 2.75) is 50.7 Å². The van der Waals surface area contributed by atoms with Gasteiger partial charge in [0.1, 0.15) is 0 Å². The van der Waals surface area contributed by atoms with Crippen LogP contribution in [0.4, 0.5) is 0 Å². The molecule has 1 atom stereocenters. The lowest BCUT2D eigenvalue weighted by molar-refractivity contribution is 0.0482. The van der Waals surface area contributed by atoms with Gasteiger partial charge in [0, 0.05) is 12.6 Å². The van der Waals surface area contributed by atoms with E-state index in [1.165, 1.54) is 18.4 Å². The minimum Gasteiger partial charge on any atom is -0.389 e. The summed E-state index contributed by atoms with van der Waals surface area (Å²) in [5.41, 5.74) is 0.894. The first-order chi connectivity index (χ1) is 8.11. The fourth-order valence-electron chi connectivity index (χ4n) is 2.27. The lowest BCUT2D eigenvalue weighted by Gasteiger charge is -2.38. The van der Waals surface area contributed by atoms with Gasteiger partial charge in [-0.1, -0.05) is 37.3 Å². The monoisotopic (exact) mass is 233 g/mol. The van der Waals surface area contributed by atoms with Crippen molar-refractivity contribution >= 4 is 0 Å². The maximum absolute atomic E-state index is 9.91. The maximum atomic E-state index is 9.91. The number of rotatable bonds is 5. The van der Waals surface area contributed by atoms with Crippen molar-refractivity contribution in [3.8, 4) is 0 Å². The second kappa shape index (κ2) is 5.19. The van der Waals surface area contributed by atoms with Gasteiger partial charge < -0.3 is 10.4 Å². The molecule has 1 aliphatic rings. The van der Waals surface area contributed by atoms with Gasteiger partial charge in [-0.2, -0.15) is 0 Å². The number of benzene rings is 1. The van der Waals surface area contributed by atoms with Crippen molar-refractivity contribution in [3.05, 3.63) is 35.9 Å². The van der Waals surface area contributed by atoms with Crippen LogP contribution in [0.3, 0.4) is 0 Å². The molecule has 0 bridgehead atoms. The Morgan fingerprint density at radius 3 is 2.53 bits per heavy atom. The highest BCUT2D eigenvalue weighted by molar-refractivity contribution is 5.22. The SMILES string of the molecule is CCC(C)(O)CNC1CC(c2ccccc2)C1. The molecule has 0 amide bonds. The molecular weight excluding hydrogens is 210 g/mol. The molecule has 2 N–H and O–H groups in total. The minimum absolute atomic E-state index is 0.558. The zero-order valence-corrected chi connectivity index (χ0v) is 10.8. The molecule has 1 aliphatic carbocycles. The van der Waals surface area contributed by atoms with Crippen molar-refractivity contribution in [1.82, 2.24) is 5.32 Å². The average molecular weight is 233 g/mol. The highest BCUT2D eigenvalue weighted by Gasteiger charge is 2.31. The topological polar surface area (TPSA) is 32.3 Å². The van der Waals surface area contributed by atoms with Crippen LogP contribution in [0.25, 0.3) is 0 Å². The lowest BCUT2D eigenvalue weighted by atomic mass is 9.75. The Balaban J connectivity index is 1.73. The smallest absolute Gasteiger partial charge is 0.0741 e. The van der Waals surface area contributed by atoms with Crippen molar-refractivity contribution in [3.63, 3.8) is 0 Å². The average Bonchev–Trinajstić information content (AvgIpc) is 2.28. The molecule has 0 radical (unpaired) electrons. The first-order valence-corrected chi connectivity index (χ1v) is 6.61. The predicted octanol–water partition coefficient (Wildman–Crippen LogP) is 2.68. The van der Waals surface area contributed by atoms with E-state index in [0.717, 1.165) is 6.42 Å². The normalized spacial score (nSPS) is 27.2. The number of hydrogen-bond donors (Lipinski definition) is 2. The maximum Gasteiger partial charge on any atom is 0.0741 e. The summed E-state index contributed by atoms with van der Waals surface area (Å²) in [7, 11) is 0. The number of aliphatic hydroxyl groups is 1. The third kappa shape index (κ3) is 3.30. The predicted molar refractivity (Wildman–Crippen MR) is 71.1 cm³/mol. The summed E-state index contributed by atoms with van der Waals surface area (Å²) in [6.07, 6.45) is 3.20. The Labute approximate surface area is 104 Å². The Hall–Kier alpha value is -0.860. The molecule has 2 rings (SSSR count). The van der Waals surface area contributed by atoms with Gasteiger partial charge in [0.25, 0.3) is 0 Å². The van der Waals surface area contributed by atoms with Gasteiger partial charge in [-0.15, -0.1) is 0 Å². The van der Waals surface area contributed by atoms with Crippen LogP contribution < -0.4 is 5.32 Å². The Morgan fingerprint density at radius 1 is 1.29 bits per heavy atom. The van der Waals surface area contributed by atoms with Crippen LogP contribution in [-0.2, 0) is 0 Å². The Bertz CT molecular complexity index is 341. The first kappa shape index (κ1) is 12.6. The molecule has 0 aromatic heterocycles. The van der Waals surface area contributed by atoms with E-state index in [4.69, 9.17) is 0 Å². The summed E-state index contributed by atoms with van der Waals surface area (Å²) < 4.78 is 0. The fraction of sp³-hybridized carbons (Fsp3) is 0.600. The Morgan fingerprint density at radius 2 is 1.94 bits per heavy atom. The Kier molecular flexibility index (Phi) is 3.85. The van der Waals surface area contributed by atoms with Crippen LogP contribution in [0.5, 0.6) is 0 Å². The molecular formula is C15H23NO. The molecule has 1 saturated carbocycles. The molecule has 94 valence electrons. The second-order valence-corrected chi connectivity index (χ2v) is 5.51. The third-order valence-corrected chi connectivity index (χ3v) is 3.94. The van der Waals surface area contributed by atoms with E-state index < -0.39 is 5.60 Å². The molecule has 0 spiro atoms.